The summed E-state index contributed by atoms with van der Waals surface area (Å²) < 4.78 is 30.5. The number of hydrogen-bond donors (Lipinski definition) is 4. The molecule has 4 aliphatic carbocycles. The minimum absolute atomic E-state index is 0. The third-order valence-electron chi connectivity index (χ3n) is 11.0. The van der Waals surface area contributed by atoms with Crippen molar-refractivity contribution in [2.45, 2.75) is 97.2 Å². The first-order chi connectivity index (χ1) is 15.9. The van der Waals surface area contributed by atoms with Crippen LogP contribution in [0.1, 0.15) is 85.0 Å². The number of aliphatic hydroxyl groups excluding tert-OH is 2. The number of amides is 1. The molecule has 197 valence electrons. The van der Waals surface area contributed by atoms with Gasteiger partial charge in [-0.3, -0.25) is 9.35 Å². The van der Waals surface area contributed by atoms with Crippen molar-refractivity contribution >= 4 is 45.6 Å². The fourth-order valence-electron chi connectivity index (χ4n) is 9.13. The maximum atomic E-state index is 12.2. The Balaban J connectivity index is 0.00000342. The predicted molar refractivity (Wildman–Crippen MR) is 136 cm³/mol. The number of carbonyl (C=O) groups is 1. The van der Waals surface area contributed by atoms with Gasteiger partial charge in [-0.25, -0.2) is 0 Å². The van der Waals surface area contributed by atoms with Crippen LogP contribution in [-0.2, 0) is 14.9 Å². The molecule has 4 N–H and O–H groups in total. The second-order valence-electron chi connectivity index (χ2n) is 12.5. The van der Waals surface area contributed by atoms with Gasteiger partial charge >= 0.3 is 0 Å². The van der Waals surface area contributed by atoms with Crippen molar-refractivity contribution in [3.05, 3.63) is 0 Å². The van der Waals surface area contributed by atoms with Crippen LogP contribution in [0.3, 0.4) is 0 Å². The number of aliphatic hydroxyl groups is 2. The molecule has 0 heterocycles. The van der Waals surface area contributed by atoms with Crippen LogP contribution in [0.25, 0.3) is 0 Å². The van der Waals surface area contributed by atoms with Crippen LogP contribution < -0.4 is 5.32 Å². The summed E-state index contributed by atoms with van der Waals surface area (Å²) in [4.78, 5) is 12.2. The Morgan fingerprint density at radius 1 is 1.06 bits per heavy atom. The van der Waals surface area contributed by atoms with E-state index in [0.717, 1.165) is 38.5 Å². The van der Waals surface area contributed by atoms with E-state index in [-0.39, 0.29) is 65.0 Å². The van der Waals surface area contributed by atoms with E-state index in [1.54, 1.807) is 0 Å². The van der Waals surface area contributed by atoms with Crippen LogP contribution in [0, 0.1) is 46.3 Å². The summed E-state index contributed by atoms with van der Waals surface area (Å²) in [6, 6.07) is 0. The molecular formula is C26H45NNaO6S. The molecule has 35 heavy (non-hydrogen) atoms. The Morgan fingerprint density at radius 2 is 1.77 bits per heavy atom. The normalized spacial score (nSPS) is 43.8. The fourth-order valence-corrected chi connectivity index (χ4v) is 9.49. The molecule has 7 nitrogen and oxygen atoms in total. The quantitative estimate of drug-likeness (QED) is 0.301. The number of fused-ring (bicyclic) bond motifs is 5. The number of carbonyl (C=O) groups excluding carboxylic acids is 1. The summed E-state index contributed by atoms with van der Waals surface area (Å²) in [6.45, 7) is 6.86. The molecule has 0 aromatic heterocycles. The first-order valence-electron chi connectivity index (χ1n) is 13.4. The van der Waals surface area contributed by atoms with E-state index in [1.807, 2.05) is 0 Å². The Hall–Kier alpha value is 0.300. The van der Waals surface area contributed by atoms with Crippen molar-refractivity contribution in [3.63, 3.8) is 0 Å². The average Bonchev–Trinajstić information content (AvgIpc) is 3.11. The third kappa shape index (κ3) is 5.84. The summed E-state index contributed by atoms with van der Waals surface area (Å²) in [5, 5.41) is 24.5. The van der Waals surface area contributed by atoms with Crippen molar-refractivity contribution in [1.82, 2.24) is 5.32 Å². The third-order valence-corrected chi connectivity index (χ3v) is 11.7. The summed E-state index contributed by atoms with van der Waals surface area (Å²) in [7, 11) is -4.07. The Labute approximate surface area is 233 Å². The summed E-state index contributed by atoms with van der Waals surface area (Å²) in [6.07, 6.45) is 8.93. The van der Waals surface area contributed by atoms with Crippen LogP contribution in [0.5, 0.6) is 0 Å². The van der Waals surface area contributed by atoms with Gasteiger partial charge in [0.05, 0.1) is 18.0 Å². The minimum Gasteiger partial charge on any atom is -0.393 e. The minimum atomic E-state index is -4.07. The smallest absolute Gasteiger partial charge is 0.266 e. The van der Waals surface area contributed by atoms with Crippen LogP contribution in [0.15, 0.2) is 0 Å². The van der Waals surface area contributed by atoms with Crippen LogP contribution in [0.2, 0.25) is 0 Å². The maximum absolute atomic E-state index is 12.2. The van der Waals surface area contributed by atoms with Gasteiger partial charge in [0.15, 0.2) is 0 Å². The first kappa shape index (κ1) is 29.9. The van der Waals surface area contributed by atoms with Crippen LogP contribution in [-0.4, -0.2) is 83.2 Å². The second-order valence-corrected chi connectivity index (χ2v) is 14.1. The van der Waals surface area contributed by atoms with Gasteiger partial charge in [0, 0.05) is 42.5 Å². The zero-order valence-corrected chi connectivity index (χ0v) is 24.9. The molecule has 4 saturated carbocycles. The van der Waals surface area contributed by atoms with E-state index in [0.29, 0.717) is 48.3 Å². The zero-order valence-electron chi connectivity index (χ0n) is 22.1. The molecule has 0 bridgehead atoms. The van der Waals surface area contributed by atoms with Gasteiger partial charge in [-0.1, -0.05) is 20.8 Å². The molecule has 1 amide bonds. The predicted octanol–water partition coefficient (Wildman–Crippen LogP) is 3.02. The van der Waals surface area contributed by atoms with E-state index in [1.165, 1.54) is 12.8 Å². The Bertz CT molecular complexity index is 870. The van der Waals surface area contributed by atoms with Crippen molar-refractivity contribution < 1.29 is 28.0 Å². The van der Waals surface area contributed by atoms with Gasteiger partial charge in [-0.15, -0.1) is 0 Å². The standard InChI is InChI=1S/C26H45NO6S.Na/c1-16(4-9-24(30)27-12-13-34(31,32)33)20-7-8-21-19-6-5-17-14-18(28)10-11-25(17,2)22(19)15-23(29)26(20,21)3;/h16-23,28-29H,4-15H2,1-3H3,(H,27,30)(H,31,32,33);/t16-,17-,18-,19+,20-,21+,22+,23+,25+,26-;/m1./s1. The van der Waals surface area contributed by atoms with E-state index < -0.39 is 15.9 Å². The van der Waals surface area contributed by atoms with E-state index in [9.17, 15) is 23.4 Å². The van der Waals surface area contributed by atoms with Gasteiger partial charge in [0.2, 0.25) is 5.91 Å². The van der Waals surface area contributed by atoms with Gasteiger partial charge in [0.1, 0.15) is 0 Å². The molecule has 1 radical (unpaired) electrons. The molecule has 0 unspecified atom stereocenters. The van der Waals surface area contributed by atoms with Crippen molar-refractivity contribution in [2.24, 2.45) is 46.3 Å². The maximum Gasteiger partial charge on any atom is 0.266 e. The zero-order chi connectivity index (χ0) is 24.9. The molecular weight excluding hydrogens is 477 g/mol. The monoisotopic (exact) mass is 522 g/mol. The second kappa shape index (κ2) is 11.2. The van der Waals surface area contributed by atoms with E-state index in [4.69, 9.17) is 4.55 Å². The molecule has 4 rings (SSSR count). The summed E-state index contributed by atoms with van der Waals surface area (Å²) in [5.41, 5.74) is 0.105. The van der Waals surface area contributed by atoms with Gasteiger partial charge < -0.3 is 15.5 Å². The molecule has 0 saturated heterocycles. The number of hydrogen-bond acceptors (Lipinski definition) is 5. The largest absolute Gasteiger partial charge is 0.393 e. The average molecular weight is 523 g/mol. The summed E-state index contributed by atoms with van der Waals surface area (Å²) >= 11 is 0. The Morgan fingerprint density at radius 3 is 2.46 bits per heavy atom. The molecule has 4 fully saturated rings. The van der Waals surface area contributed by atoms with Crippen molar-refractivity contribution in [2.75, 3.05) is 12.3 Å². The molecule has 0 aromatic rings. The van der Waals surface area contributed by atoms with Gasteiger partial charge in [-0.2, -0.15) is 8.42 Å². The summed E-state index contributed by atoms with van der Waals surface area (Å²) in [5.74, 6) is 2.28. The van der Waals surface area contributed by atoms with Crippen molar-refractivity contribution in [1.29, 1.82) is 0 Å². The van der Waals surface area contributed by atoms with E-state index >= 15 is 0 Å². The number of rotatable bonds is 7. The Kier molecular flexibility index (Phi) is 9.54. The fraction of sp³-hybridized carbons (Fsp3) is 0.962. The van der Waals surface area contributed by atoms with Crippen molar-refractivity contribution in [3.8, 4) is 0 Å². The molecule has 10 atom stereocenters. The SMILES string of the molecule is C[C@H](CCC(=O)NCCS(=O)(=O)O)[C@H]1CC[C@H]2[C@@H]3CC[C@@H]4C[C@H](O)CC[C@]4(C)[C@H]3C[C@H](O)[C@]12C.[Na]. The topological polar surface area (TPSA) is 124 Å². The van der Waals surface area contributed by atoms with Crippen LogP contribution >= 0.6 is 0 Å². The molecule has 0 aliphatic heterocycles. The van der Waals surface area contributed by atoms with Gasteiger partial charge in [-0.05, 0) is 104 Å². The molecule has 0 aromatic carbocycles. The number of nitrogens with one attached hydrogen (secondary N) is 1. The van der Waals surface area contributed by atoms with Gasteiger partial charge in [0.25, 0.3) is 10.1 Å². The van der Waals surface area contributed by atoms with E-state index in [2.05, 4.69) is 26.1 Å². The van der Waals surface area contributed by atoms with Crippen LogP contribution in [0.4, 0.5) is 0 Å². The molecule has 0 spiro atoms. The molecule has 9 heteroatoms. The first-order valence-corrected chi connectivity index (χ1v) is 15.0. The molecule has 4 aliphatic rings.